The number of nitrogens with one attached hydrogen (secondary N) is 1. The molecule has 1 aliphatic rings. The number of fused-ring (bicyclic) bond motifs is 1. The number of carboxylic acid groups (broad SMARTS) is 1. The quantitative estimate of drug-likeness (QED) is 0.853. The number of halogens is 1. The van der Waals surface area contributed by atoms with Crippen molar-refractivity contribution in [1.82, 2.24) is 9.88 Å². The number of nitrogens with zero attached hydrogens (tertiary/aromatic N) is 1. The number of ether oxygens (including phenoxy) is 1. The first-order valence-electron chi connectivity index (χ1n) is 7.32. The van der Waals surface area contributed by atoms with Gasteiger partial charge in [-0.25, -0.2) is 0 Å². The van der Waals surface area contributed by atoms with E-state index in [2.05, 4.69) is 20.9 Å². The molecule has 1 saturated heterocycles. The first-order chi connectivity index (χ1) is 11.0. The zero-order valence-electron chi connectivity index (χ0n) is 12.6. The van der Waals surface area contributed by atoms with Gasteiger partial charge in [0.15, 0.2) is 0 Å². The van der Waals surface area contributed by atoms with E-state index in [0.717, 1.165) is 15.4 Å². The summed E-state index contributed by atoms with van der Waals surface area (Å²) >= 11 is 3.48. The lowest BCUT2D eigenvalue weighted by Crippen LogP contribution is -2.37. The Balaban J connectivity index is 1.95. The van der Waals surface area contributed by atoms with Gasteiger partial charge in [0.1, 0.15) is 0 Å². The Kier molecular flexibility index (Phi) is 4.41. The Hall–Kier alpha value is -1.86. The number of hydrogen-bond acceptors (Lipinski definition) is 3. The second-order valence-corrected chi connectivity index (χ2v) is 6.52. The number of carboxylic acids is 1. The van der Waals surface area contributed by atoms with E-state index >= 15 is 0 Å². The minimum absolute atomic E-state index is 0.0743. The lowest BCUT2D eigenvalue weighted by Gasteiger charge is -2.23. The highest BCUT2D eigenvalue weighted by Crippen LogP contribution is 2.31. The second kappa shape index (κ2) is 6.33. The van der Waals surface area contributed by atoms with Crippen LogP contribution in [0.2, 0.25) is 0 Å². The van der Waals surface area contributed by atoms with Crippen molar-refractivity contribution in [2.45, 2.75) is 25.0 Å². The van der Waals surface area contributed by atoms with E-state index in [0.29, 0.717) is 18.5 Å². The molecule has 0 bridgehead atoms. The third kappa shape index (κ3) is 2.98. The van der Waals surface area contributed by atoms with E-state index in [1.54, 1.807) is 18.2 Å². The van der Waals surface area contributed by atoms with Gasteiger partial charge in [0, 0.05) is 41.3 Å². The molecule has 23 heavy (non-hydrogen) atoms. The van der Waals surface area contributed by atoms with Crippen LogP contribution >= 0.6 is 15.9 Å². The van der Waals surface area contributed by atoms with Crippen molar-refractivity contribution in [3.05, 3.63) is 34.4 Å². The van der Waals surface area contributed by atoms with Crippen molar-refractivity contribution in [3.8, 4) is 0 Å². The number of carbonyl (C=O) groups is 2. The maximum atomic E-state index is 13.0. The van der Waals surface area contributed by atoms with E-state index in [1.807, 2.05) is 18.2 Å². The number of benzene rings is 1. The lowest BCUT2D eigenvalue weighted by atomic mass is 10.1. The second-order valence-electron chi connectivity index (χ2n) is 5.67. The Bertz CT molecular complexity index is 758. The predicted molar refractivity (Wildman–Crippen MR) is 88.5 cm³/mol. The number of likely N-dealkylation sites (tertiary alicyclic amines) is 1. The van der Waals surface area contributed by atoms with Gasteiger partial charge in [-0.2, -0.15) is 0 Å². The van der Waals surface area contributed by atoms with Crippen LogP contribution in [0.1, 0.15) is 23.2 Å². The monoisotopic (exact) mass is 380 g/mol. The molecule has 2 heterocycles. The molecule has 7 heteroatoms. The molecule has 1 aromatic carbocycles. The fourth-order valence-corrected chi connectivity index (χ4v) is 3.73. The molecule has 1 aromatic heterocycles. The highest BCUT2D eigenvalue weighted by atomic mass is 79.9. The van der Waals surface area contributed by atoms with E-state index in [9.17, 15) is 9.59 Å². The third-order valence-corrected chi connectivity index (χ3v) is 4.93. The van der Waals surface area contributed by atoms with Crippen molar-refractivity contribution in [1.29, 1.82) is 0 Å². The van der Waals surface area contributed by atoms with Crippen LogP contribution in [0.25, 0.3) is 10.9 Å². The lowest BCUT2D eigenvalue weighted by molar-refractivity contribution is -0.137. The molecule has 1 fully saturated rings. The average molecular weight is 381 g/mol. The molecule has 3 rings (SSSR count). The largest absolute Gasteiger partial charge is 0.481 e. The van der Waals surface area contributed by atoms with Crippen LogP contribution in [0.3, 0.4) is 0 Å². The van der Waals surface area contributed by atoms with Crippen LogP contribution in [0.4, 0.5) is 0 Å². The van der Waals surface area contributed by atoms with E-state index in [1.165, 1.54) is 0 Å². The minimum Gasteiger partial charge on any atom is -0.481 e. The zero-order chi connectivity index (χ0) is 16.6. The fraction of sp³-hybridized carbons (Fsp3) is 0.375. The van der Waals surface area contributed by atoms with Crippen LogP contribution in [-0.4, -0.2) is 52.7 Å². The zero-order valence-corrected chi connectivity index (χ0v) is 14.2. The molecule has 122 valence electrons. The standard InChI is InChI=1S/C16H17BrN2O4/c1-23-10-5-9(6-14(20)21)19(8-10)16(22)11-7-18-13-4-2-3-12(17)15(11)13/h2-4,7,9-10,18H,5-6,8H2,1H3,(H,20,21). The average Bonchev–Trinajstić information content (AvgIpc) is 3.11. The Labute approximate surface area is 141 Å². The Morgan fingerprint density at radius 1 is 1.48 bits per heavy atom. The van der Waals surface area contributed by atoms with Gasteiger partial charge in [-0.3, -0.25) is 9.59 Å². The van der Waals surface area contributed by atoms with Gasteiger partial charge in [0.25, 0.3) is 5.91 Å². The molecular weight excluding hydrogens is 364 g/mol. The summed E-state index contributed by atoms with van der Waals surface area (Å²) in [7, 11) is 1.58. The summed E-state index contributed by atoms with van der Waals surface area (Å²) in [6.07, 6.45) is 2.01. The maximum absolute atomic E-state index is 13.0. The number of methoxy groups -OCH3 is 1. The summed E-state index contributed by atoms with van der Waals surface area (Å²) in [5.41, 5.74) is 1.40. The third-order valence-electron chi connectivity index (χ3n) is 4.27. The van der Waals surface area contributed by atoms with E-state index in [4.69, 9.17) is 9.84 Å². The van der Waals surface area contributed by atoms with Gasteiger partial charge in [0.05, 0.1) is 18.1 Å². The molecule has 2 aromatic rings. The van der Waals surface area contributed by atoms with Gasteiger partial charge in [-0.15, -0.1) is 0 Å². The van der Waals surface area contributed by atoms with Crippen molar-refractivity contribution in [2.75, 3.05) is 13.7 Å². The van der Waals surface area contributed by atoms with Gasteiger partial charge in [-0.05, 0) is 18.6 Å². The number of rotatable bonds is 4. The first-order valence-corrected chi connectivity index (χ1v) is 8.11. The maximum Gasteiger partial charge on any atom is 0.305 e. The summed E-state index contributed by atoms with van der Waals surface area (Å²) in [6, 6.07) is 5.32. The normalized spacial score (nSPS) is 21.0. The van der Waals surface area contributed by atoms with Gasteiger partial charge in [0.2, 0.25) is 0 Å². The topological polar surface area (TPSA) is 82.6 Å². The van der Waals surface area contributed by atoms with Crippen molar-refractivity contribution < 1.29 is 19.4 Å². The number of carbonyl (C=O) groups excluding carboxylic acids is 1. The molecule has 2 unspecified atom stereocenters. The molecule has 2 atom stereocenters. The Morgan fingerprint density at radius 3 is 2.96 bits per heavy atom. The number of aliphatic carboxylic acids is 1. The van der Waals surface area contributed by atoms with Crippen LogP contribution in [0, 0.1) is 0 Å². The molecule has 0 aliphatic carbocycles. The molecule has 1 aliphatic heterocycles. The minimum atomic E-state index is -0.912. The highest BCUT2D eigenvalue weighted by Gasteiger charge is 2.37. The van der Waals surface area contributed by atoms with Crippen LogP contribution in [0.5, 0.6) is 0 Å². The number of aromatic nitrogens is 1. The van der Waals surface area contributed by atoms with Crippen molar-refractivity contribution in [3.63, 3.8) is 0 Å². The summed E-state index contributed by atoms with van der Waals surface area (Å²) in [5.74, 6) is -1.08. The van der Waals surface area contributed by atoms with Crippen LogP contribution in [-0.2, 0) is 9.53 Å². The molecule has 0 radical (unpaired) electrons. The van der Waals surface area contributed by atoms with Gasteiger partial charge < -0.3 is 19.7 Å². The smallest absolute Gasteiger partial charge is 0.305 e. The van der Waals surface area contributed by atoms with Crippen molar-refractivity contribution >= 4 is 38.7 Å². The number of H-pyrrole nitrogens is 1. The number of aromatic amines is 1. The highest BCUT2D eigenvalue weighted by molar-refractivity contribution is 9.10. The van der Waals surface area contributed by atoms with E-state index in [-0.39, 0.29) is 24.5 Å². The SMILES string of the molecule is COC1CC(CC(=O)O)N(C(=O)c2c[nH]c3cccc(Br)c23)C1. The molecule has 6 nitrogen and oxygen atoms in total. The van der Waals surface area contributed by atoms with Crippen LogP contribution < -0.4 is 0 Å². The molecule has 0 spiro atoms. The number of amides is 1. The van der Waals surface area contributed by atoms with Gasteiger partial charge in [-0.1, -0.05) is 22.0 Å². The molecule has 1 amide bonds. The summed E-state index contributed by atoms with van der Waals surface area (Å²) in [5, 5.41) is 9.90. The first kappa shape index (κ1) is 16.0. The molecule has 0 saturated carbocycles. The molecular formula is C16H17BrN2O4. The molecule has 2 N–H and O–H groups in total. The predicted octanol–water partition coefficient (Wildman–Crippen LogP) is 2.63. The summed E-state index contributed by atoms with van der Waals surface area (Å²) in [4.78, 5) is 28.7. The van der Waals surface area contributed by atoms with E-state index < -0.39 is 5.97 Å². The fourth-order valence-electron chi connectivity index (χ4n) is 3.15. The number of hydrogen-bond donors (Lipinski definition) is 2. The Morgan fingerprint density at radius 2 is 2.26 bits per heavy atom. The summed E-state index contributed by atoms with van der Waals surface area (Å²) < 4.78 is 6.16. The van der Waals surface area contributed by atoms with Crippen molar-refractivity contribution in [2.24, 2.45) is 0 Å². The van der Waals surface area contributed by atoms with Gasteiger partial charge >= 0.3 is 5.97 Å². The summed E-state index contributed by atoms with van der Waals surface area (Å²) in [6.45, 7) is 0.407. The van der Waals surface area contributed by atoms with Crippen LogP contribution in [0.15, 0.2) is 28.9 Å².